The molecule has 0 saturated carbocycles. The highest BCUT2D eigenvalue weighted by molar-refractivity contribution is 7.87. The molecule has 0 unspecified atom stereocenters. The maximum Gasteiger partial charge on any atom is 0.308 e. The van der Waals surface area contributed by atoms with E-state index in [1.807, 2.05) is 0 Å². The highest BCUT2D eigenvalue weighted by Crippen LogP contribution is 2.08. The van der Waals surface area contributed by atoms with Crippen molar-refractivity contribution in [2.75, 3.05) is 28.2 Å². The Labute approximate surface area is 147 Å². The van der Waals surface area contributed by atoms with Gasteiger partial charge >= 0.3 is 20.4 Å². The molecule has 2 rings (SSSR count). The third-order valence-electron chi connectivity index (χ3n) is 3.35. The van der Waals surface area contributed by atoms with Gasteiger partial charge in [0.15, 0.2) is 0 Å². The SMILES string of the molecule is CN(C)S(=O)(=O)n1ccnc1CNCc1nccn1S(=O)(=O)N(C)C. The molecule has 0 radical (unpaired) electrons. The molecule has 0 atom stereocenters. The lowest BCUT2D eigenvalue weighted by Gasteiger charge is -2.15. The molecule has 13 heteroatoms. The van der Waals surface area contributed by atoms with Crippen LogP contribution in [0, 0.1) is 0 Å². The molecule has 0 amide bonds. The Morgan fingerprint density at radius 2 is 1.20 bits per heavy atom. The molecule has 0 aliphatic heterocycles. The molecular formula is C12H21N7O4S2. The summed E-state index contributed by atoms with van der Waals surface area (Å²) >= 11 is 0. The predicted molar refractivity (Wildman–Crippen MR) is 91.0 cm³/mol. The summed E-state index contributed by atoms with van der Waals surface area (Å²) in [7, 11) is -1.63. The van der Waals surface area contributed by atoms with E-state index in [0.29, 0.717) is 0 Å². The quantitative estimate of drug-likeness (QED) is 0.592. The lowest BCUT2D eigenvalue weighted by atomic mass is 10.5. The molecule has 1 N–H and O–H groups in total. The van der Waals surface area contributed by atoms with Crippen LogP contribution in [0.5, 0.6) is 0 Å². The lowest BCUT2D eigenvalue weighted by Crippen LogP contribution is -2.32. The minimum absolute atomic E-state index is 0.120. The van der Waals surface area contributed by atoms with Gasteiger partial charge in [-0.25, -0.2) is 17.9 Å². The first-order valence-corrected chi connectivity index (χ1v) is 9.99. The van der Waals surface area contributed by atoms with E-state index < -0.39 is 20.4 Å². The van der Waals surface area contributed by atoms with Crippen molar-refractivity contribution in [3.05, 3.63) is 36.4 Å². The molecule has 0 aliphatic carbocycles. The topological polar surface area (TPSA) is 122 Å². The standard InChI is InChI=1S/C12H21N7O4S2/c1-16(2)24(20,21)18-7-5-14-11(18)9-13-10-12-15-6-8-19(12)25(22,23)17(3)4/h5-8,13H,9-10H2,1-4H3. The molecule has 0 saturated heterocycles. The van der Waals surface area contributed by atoms with Crippen molar-refractivity contribution in [2.24, 2.45) is 0 Å². The summed E-state index contributed by atoms with van der Waals surface area (Å²) in [6.07, 6.45) is 5.47. The Balaban J connectivity index is 2.12. The first kappa shape index (κ1) is 19.5. The third-order valence-corrected chi connectivity index (χ3v) is 6.85. The second-order valence-electron chi connectivity index (χ2n) is 5.46. The molecule has 0 spiro atoms. The van der Waals surface area contributed by atoms with Gasteiger partial charge in [-0.1, -0.05) is 0 Å². The summed E-state index contributed by atoms with van der Waals surface area (Å²) in [5, 5.41) is 2.96. The van der Waals surface area contributed by atoms with Gasteiger partial charge in [0.1, 0.15) is 11.6 Å². The van der Waals surface area contributed by atoms with Gasteiger partial charge in [0.2, 0.25) is 0 Å². The first-order chi connectivity index (χ1) is 11.6. The van der Waals surface area contributed by atoms with Gasteiger partial charge in [-0.2, -0.15) is 25.4 Å². The van der Waals surface area contributed by atoms with Gasteiger partial charge in [-0.05, 0) is 0 Å². The maximum absolute atomic E-state index is 12.2. The maximum atomic E-state index is 12.2. The van der Waals surface area contributed by atoms with Gasteiger partial charge < -0.3 is 5.32 Å². The van der Waals surface area contributed by atoms with Crippen LogP contribution in [0.15, 0.2) is 24.8 Å². The van der Waals surface area contributed by atoms with Crippen LogP contribution in [-0.4, -0.2) is 71.5 Å². The van der Waals surface area contributed by atoms with Gasteiger partial charge in [0.25, 0.3) is 0 Å². The van der Waals surface area contributed by atoms with Crippen LogP contribution in [0.25, 0.3) is 0 Å². The fourth-order valence-corrected chi connectivity index (χ4v) is 3.83. The number of hydrogen-bond acceptors (Lipinski definition) is 7. The number of aromatic nitrogens is 4. The molecule has 0 aromatic carbocycles. The van der Waals surface area contributed by atoms with E-state index >= 15 is 0 Å². The van der Waals surface area contributed by atoms with Gasteiger partial charge in [-0.15, -0.1) is 0 Å². The minimum atomic E-state index is -3.67. The van der Waals surface area contributed by atoms with Crippen LogP contribution in [-0.2, 0) is 33.5 Å². The molecule has 25 heavy (non-hydrogen) atoms. The van der Waals surface area contributed by atoms with Crippen LogP contribution in [0.3, 0.4) is 0 Å². The second kappa shape index (κ2) is 7.21. The Morgan fingerprint density at radius 3 is 1.52 bits per heavy atom. The predicted octanol–water partition coefficient (Wildman–Crippen LogP) is -1.32. The molecule has 11 nitrogen and oxygen atoms in total. The fraction of sp³-hybridized carbons (Fsp3) is 0.500. The smallest absolute Gasteiger partial charge is 0.303 e. The Hall–Kier alpha value is -1.80. The van der Waals surface area contributed by atoms with Gasteiger partial charge in [0.05, 0.1) is 13.1 Å². The van der Waals surface area contributed by atoms with Crippen LogP contribution in [0.2, 0.25) is 0 Å². The minimum Gasteiger partial charge on any atom is -0.303 e. The summed E-state index contributed by atoms with van der Waals surface area (Å²) in [6, 6.07) is 0. The van der Waals surface area contributed by atoms with Crippen molar-refractivity contribution < 1.29 is 16.8 Å². The first-order valence-electron chi connectivity index (χ1n) is 7.19. The van der Waals surface area contributed by atoms with E-state index in [1.165, 1.54) is 53.0 Å². The number of nitrogens with zero attached hydrogens (tertiary/aromatic N) is 6. The van der Waals surface area contributed by atoms with Crippen LogP contribution in [0.1, 0.15) is 11.6 Å². The van der Waals surface area contributed by atoms with Crippen molar-refractivity contribution in [1.29, 1.82) is 0 Å². The fourth-order valence-electron chi connectivity index (χ4n) is 1.95. The summed E-state index contributed by atoms with van der Waals surface area (Å²) in [5.74, 6) is 0.560. The zero-order valence-corrected chi connectivity index (χ0v) is 16.0. The number of rotatable bonds is 8. The van der Waals surface area contributed by atoms with E-state index in [2.05, 4.69) is 15.3 Å². The average Bonchev–Trinajstić information content (AvgIpc) is 3.16. The Bertz CT molecular complexity index is 852. The van der Waals surface area contributed by atoms with Crippen molar-refractivity contribution in [3.63, 3.8) is 0 Å². The van der Waals surface area contributed by atoms with Crippen LogP contribution < -0.4 is 5.32 Å². The van der Waals surface area contributed by atoms with E-state index in [0.717, 1.165) is 16.6 Å². The zero-order valence-electron chi connectivity index (χ0n) is 14.4. The second-order valence-corrected chi connectivity index (χ2v) is 9.50. The van der Waals surface area contributed by atoms with Gasteiger partial charge in [0, 0.05) is 53.0 Å². The zero-order chi connectivity index (χ0) is 18.8. The Morgan fingerprint density at radius 1 is 0.840 bits per heavy atom. The number of imidazole rings is 2. The molecule has 2 aromatic heterocycles. The Kier molecular flexibility index (Phi) is 5.63. The van der Waals surface area contributed by atoms with E-state index in [-0.39, 0.29) is 24.7 Å². The highest BCUT2D eigenvalue weighted by Gasteiger charge is 2.21. The number of nitrogens with one attached hydrogen (secondary N) is 1. The third kappa shape index (κ3) is 3.90. The number of hydrogen-bond donors (Lipinski definition) is 1. The summed E-state index contributed by atoms with van der Waals surface area (Å²) < 4.78 is 53.0. The van der Waals surface area contributed by atoms with Gasteiger partial charge in [-0.3, -0.25) is 0 Å². The monoisotopic (exact) mass is 391 g/mol. The van der Waals surface area contributed by atoms with Crippen molar-refractivity contribution >= 4 is 20.4 Å². The van der Waals surface area contributed by atoms with Crippen molar-refractivity contribution in [3.8, 4) is 0 Å². The molecule has 2 aromatic rings. The van der Waals surface area contributed by atoms with E-state index in [9.17, 15) is 16.8 Å². The summed E-state index contributed by atoms with van der Waals surface area (Å²) in [6.45, 7) is 0.240. The molecule has 0 fully saturated rings. The lowest BCUT2D eigenvalue weighted by molar-refractivity contribution is 0.503. The molecular weight excluding hydrogens is 370 g/mol. The van der Waals surface area contributed by atoms with Crippen LogP contribution >= 0.6 is 0 Å². The van der Waals surface area contributed by atoms with E-state index in [4.69, 9.17) is 0 Å². The molecule has 0 bridgehead atoms. The normalized spacial score (nSPS) is 13.0. The largest absolute Gasteiger partial charge is 0.308 e. The van der Waals surface area contributed by atoms with Crippen molar-refractivity contribution in [2.45, 2.75) is 13.1 Å². The van der Waals surface area contributed by atoms with Crippen LogP contribution in [0.4, 0.5) is 0 Å². The molecule has 140 valence electrons. The van der Waals surface area contributed by atoms with Crippen molar-refractivity contribution in [1.82, 2.24) is 31.8 Å². The molecule has 0 aliphatic rings. The molecule has 2 heterocycles. The van der Waals surface area contributed by atoms with E-state index in [1.54, 1.807) is 0 Å². The summed E-state index contributed by atoms with van der Waals surface area (Å²) in [4.78, 5) is 8.05. The summed E-state index contributed by atoms with van der Waals surface area (Å²) in [5.41, 5.74) is 0. The highest BCUT2D eigenvalue weighted by atomic mass is 32.2. The average molecular weight is 391 g/mol.